The van der Waals surface area contributed by atoms with Crippen LogP contribution >= 0.6 is 0 Å². The maximum atomic E-state index is 6.45. The molecule has 0 atom stereocenters. The fraction of sp³-hybridized carbons (Fsp3) is 0. The molecule has 55 heavy (non-hydrogen) atoms. The Morgan fingerprint density at radius 1 is 0.236 bits per heavy atom. The predicted octanol–water partition coefficient (Wildman–Crippen LogP) is 11.6. The SMILES string of the molecule is c1ccc(-c2cccc(-c3nc(-c4ccccc4)nc(-c4ccc5oc6cc(-c7nc(-c8ccccc8)nc(-c8ccccc8)n7)ccc6c5c4)n3)c2)cc1. The van der Waals surface area contributed by atoms with Gasteiger partial charge in [-0.25, -0.2) is 29.9 Å². The fourth-order valence-electron chi connectivity index (χ4n) is 6.81. The molecule has 0 unspecified atom stereocenters. The van der Waals surface area contributed by atoms with Gasteiger partial charge in [0, 0.05) is 44.2 Å². The molecule has 0 bridgehead atoms. The van der Waals surface area contributed by atoms with E-state index in [4.69, 9.17) is 34.3 Å². The molecule has 0 saturated carbocycles. The number of nitrogens with zero attached hydrogens (tertiary/aromatic N) is 6. The minimum Gasteiger partial charge on any atom is -0.456 e. The molecule has 3 heterocycles. The molecule has 258 valence electrons. The van der Waals surface area contributed by atoms with Gasteiger partial charge >= 0.3 is 0 Å². The average molecular weight is 707 g/mol. The Balaban J connectivity index is 1.07. The second-order valence-electron chi connectivity index (χ2n) is 13.2. The van der Waals surface area contributed by atoms with Crippen molar-refractivity contribution in [3.8, 4) is 79.5 Å². The summed E-state index contributed by atoms with van der Waals surface area (Å²) in [4.78, 5) is 29.7. The highest BCUT2D eigenvalue weighted by atomic mass is 16.3. The molecule has 0 saturated heterocycles. The van der Waals surface area contributed by atoms with Crippen molar-refractivity contribution < 1.29 is 4.42 Å². The number of aromatic nitrogens is 6. The smallest absolute Gasteiger partial charge is 0.164 e. The van der Waals surface area contributed by atoms with Gasteiger partial charge in [0.05, 0.1) is 0 Å². The number of fused-ring (bicyclic) bond motifs is 3. The third-order valence-electron chi connectivity index (χ3n) is 9.58. The first-order valence-corrected chi connectivity index (χ1v) is 18.0. The van der Waals surface area contributed by atoms with Crippen LogP contribution in [0.4, 0.5) is 0 Å². The Bertz CT molecular complexity index is 2910. The lowest BCUT2D eigenvalue weighted by atomic mass is 10.0. The lowest BCUT2D eigenvalue weighted by Crippen LogP contribution is -2.00. The van der Waals surface area contributed by atoms with Gasteiger partial charge in [-0.2, -0.15) is 0 Å². The summed E-state index contributed by atoms with van der Waals surface area (Å²) >= 11 is 0. The van der Waals surface area contributed by atoms with Gasteiger partial charge in [0.1, 0.15) is 11.2 Å². The minimum atomic E-state index is 0.568. The number of rotatable bonds is 7. The molecule has 0 aliphatic heterocycles. The van der Waals surface area contributed by atoms with Crippen molar-refractivity contribution in [2.24, 2.45) is 0 Å². The lowest BCUT2D eigenvalue weighted by Gasteiger charge is -2.10. The van der Waals surface area contributed by atoms with Crippen molar-refractivity contribution in [2.75, 3.05) is 0 Å². The first kappa shape index (κ1) is 32.0. The summed E-state index contributed by atoms with van der Waals surface area (Å²) in [7, 11) is 0. The second kappa shape index (κ2) is 13.7. The molecule has 0 N–H and O–H groups in total. The molecule has 10 rings (SSSR count). The third-order valence-corrected chi connectivity index (χ3v) is 9.58. The first-order valence-electron chi connectivity index (χ1n) is 18.0. The van der Waals surface area contributed by atoms with Crippen LogP contribution in [-0.4, -0.2) is 29.9 Å². The Labute approximate surface area is 316 Å². The van der Waals surface area contributed by atoms with E-state index >= 15 is 0 Å². The van der Waals surface area contributed by atoms with Crippen LogP contribution in [-0.2, 0) is 0 Å². The van der Waals surface area contributed by atoms with Crippen molar-refractivity contribution in [3.05, 3.63) is 182 Å². The first-order chi connectivity index (χ1) is 27.2. The molecule has 0 radical (unpaired) electrons. The molecule has 0 aliphatic carbocycles. The van der Waals surface area contributed by atoms with Crippen LogP contribution < -0.4 is 0 Å². The minimum absolute atomic E-state index is 0.568. The standard InChI is InChI=1S/C48H30N6O/c1-5-14-31(15-6-1)35-22-13-23-36(28-35)46-50-45(34-20-11-4-12-21-34)51-47(54-46)37-25-27-41-40(29-37)39-26-24-38(30-42(39)55-41)48-52-43(32-16-7-2-8-17-32)49-44(53-48)33-18-9-3-10-19-33/h1-30H. The van der Waals surface area contributed by atoms with Crippen LogP contribution in [0.15, 0.2) is 186 Å². The maximum absolute atomic E-state index is 6.45. The Kier molecular flexibility index (Phi) is 8.00. The zero-order valence-corrected chi connectivity index (χ0v) is 29.4. The monoisotopic (exact) mass is 706 g/mol. The summed E-state index contributed by atoms with van der Waals surface area (Å²) in [6.45, 7) is 0. The van der Waals surface area contributed by atoms with Gasteiger partial charge in [-0.05, 0) is 47.5 Å². The van der Waals surface area contributed by atoms with Crippen LogP contribution in [0, 0.1) is 0 Å². The maximum Gasteiger partial charge on any atom is 0.164 e. The van der Waals surface area contributed by atoms with Crippen molar-refractivity contribution in [1.29, 1.82) is 0 Å². The summed E-state index contributed by atoms with van der Waals surface area (Å²) in [5, 5.41) is 1.92. The summed E-state index contributed by atoms with van der Waals surface area (Å²) < 4.78 is 6.45. The van der Waals surface area contributed by atoms with Gasteiger partial charge in [-0.1, -0.05) is 146 Å². The summed E-state index contributed by atoms with van der Waals surface area (Å²) in [6.07, 6.45) is 0. The summed E-state index contributed by atoms with van der Waals surface area (Å²) in [6, 6.07) is 60.8. The van der Waals surface area contributed by atoms with Gasteiger partial charge in [-0.15, -0.1) is 0 Å². The average Bonchev–Trinajstić information content (AvgIpc) is 3.64. The van der Waals surface area contributed by atoms with Gasteiger partial charge in [-0.3, -0.25) is 0 Å². The molecule has 0 fully saturated rings. The van der Waals surface area contributed by atoms with E-state index in [1.807, 2.05) is 146 Å². The fourth-order valence-corrected chi connectivity index (χ4v) is 6.81. The Morgan fingerprint density at radius 2 is 0.618 bits per heavy atom. The van der Waals surface area contributed by atoms with E-state index in [-0.39, 0.29) is 0 Å². The van der Waals surface area contributed by atoms with Crippen LogP contribution in [0.5, 0.6) is 0 Å². The zero-order valence-electron chi connectivity index (χ0n) is 29.4. The molecule has 7 aromatic carbocycles. The second-order valence-corrected chi connectivity index (χ2v) is 13.2. The zero-order chi connectivity index (χ0) is 36.6. The van der Waals surface area contributed by atoms with E-state index in [1.165, 1.54) is 0 Å². The Hall–Kier alpha value is -7.64. The van der Waals surface area contributed by atoms with Crippen LogP contribution in [0.3, 0.4) is 0 Å². The van der Waals surface area contributed by atoms with Gasteiger partial charge in [0.2, 0.25) is 0 Å². The van der Waals surface area contributed by atoms with E-state index in [2.05, 4.69) is 36.4 Å². The Morgan fingerprint density at radius 3 is 1.13 bits per heavy atom. The van der Waals surface area contributed by atoms with E-state index in [0.717, 1.165) is 66.4 Å². The molecule has 0 amide bonds. The number of hydrogen-bond donors (Lipinski definition) is 0. The highest BCUT2D eigenvalue weighted by Gasteiger charge is 2.17. The van der Waals surface area contributed by atoms with Crippen molar-refractivity contribution in [2.45, 2.75) is 0 Å². The van der Waals surface area contributed by atoms with Crippen LogP contribution in [0.25, 0.3) is 101 Å². The van der Waals surface area contributed by atoms with E-state index in [0.29, 0.717) is 34.9 Å². The van der Waals surface area contributed by atoms with E-state index in [1.54, 1.807) is 0 Å². The molecule has 7 nitrogen and oxygen atoms in total. The normalized spacial score (nSPS) is 11.3. The summed E-state index contributed by atoms with van der Waals surface area (Å²) in [5.41, 5.74) is 9.06. The van der Waals surface area contributed by atoms with Crippen LogP contribution in [0.1, 0.15) is 0 Å². The lowest BCUT2D eigenvalue weighted by molar-refractivity contribution is 0.669. The third kappa shape index (κ3) is 6.30. The molecule has 10 aromatic rings. The molecule has 3 aromatic heterocycles. The highest BCUT2D eigenvalue weighted by molar-refractivity contribution is 6.07. The number of hydrogen-bond acceptors (Lipinski definition) is 7. The van der Waals surface area contributed by atoms with Gasteiger partial charge in [0.25, 0.3) is 0 Å². The topological polar surface area (TPSA) is 90.5 Å². The van der Waals surface area contributed by atoms with Crippen molar-refractivity contribution in [1.82, 2.24) is 29.9 Å². The van der Waals surface area contributed by atoms with Gasteiger partial charge in [0.15, 0.2) is 34.9 Å². The molecular formula is C48H30N6O. The van der Waals surface area contributed by atoms with Crippen molar-refractivity contribution >= 4 is 21.9 Å². The van der Waals surface area contributed by atoms with E-state index < -0.39 is 0 Å². The van der Waals surface area contributed by atoms with Gasteiger partial charge < -0.3 is 4.42 Å². The molecular weight excluding hydrogens is 677 g/mol. The van der Waals surface area contributed by atoms with Crippen LogP contribution in [0.2, 0.25) is 0 Å². The largest absolute Gasteiger partial charge is 0.456 e. The number of benzene rings is 7. The van der Waals surface area contributed by atoms with E-state index in [9.17, 15) is 0 Å². The highest BCUT2D eigenvalue weighted by Crippen LogP contribution is 2.35. The quantitative estimate of drug-likeness (QED) is 0.163. The predicted molar refractivity (Wildman–Crippen MR) is 219 cm³/mol. The van der Waals surface area contributed by atoms with Crippen molar-refractivity contribution in [3.63, 3.8) is 0 Å². The molecule has 0 spiro atoms. The molecule has 7 heteroatoms. The summed E-state index contributed by atoms with van der Waals surface area (Å²) in [5.74, 6) is 3.57. The molecule has 0 aliphatic rings. The number of furan rings is 1.